The van der Waals surface area contributed by atoms with Gasteiger partial charge in [0.15, 0.2) is 0 Å². The lowest BCUT2D eigenvalue weighted by Gasteiger charge is -2.34. The molecule has 1 atom stereocenters. The molecule has 0 aliphatic carbocycles. The monoisotopic (exact) mass is 348 g/mol. The van der Waals surface area contributed by atoms with E-state index in [0.29, 0.717) is 0 Å². The number of nitrogens with zero attached hydrogens (tertiary/aromatic N) is 1. The predicted molar refractivity (Wildman–Crippen MR) is 87.0 cm³/mol. The van der Waals surface area contributed by atoms with Crippen molar-refractivity contribution in [1.29, 1.82) is 0 Å². The molecule has 0 bridgehead atoms. The molecule has 126 valence electrons. The number of nitrogens with two attached hydrogens (primary N) is 1. The highest BCUT2D eigenvalue weighted by Gasteiger charge is 2.39. The van der Waals surface area contributed by atoms with Gasteiger partial charge in [0, 0.05) is 6.54 Å². The molecule has 0 spiro atoms. The highest BCUT2D eigenvalue weighted by molar-refractivity contribution is 7.89. The standard InChI is InChI=1S/C17H17FN2O3S/c1-11-8-14(18)6-7-16(11)24(22,23)20-10-13-5-3-2-4-12(13)9-15(20)17(19)21/h2-8,15H,9-10H2,1H3,(H2,19,21). The van der Waals surface area contributed by atoms with Gasteiger partial charge in [0.2, 0.25) is 15.9 Å². The molecule has 5 nitrogen and oxygen atoms in total. The Bertz CT molecular complexity index is 912. The minimum Gasteiger partial charge on any atom is -0.368 e. The average molecular weight is 348 g/mol. The lowest BCUT2D eigenvalue weighted by atomic mass is 9.96. The van der Waals surface area contributed by atoms with Crippen LogP contribution in [0.1, 0.15) is 16.7 Å². The Hall–Kier alpha value is -2.25. The van der Waals surface area contributed by atoms with Crippen molar-refractivity contribution in [2.45, 2.75) is 30.8 Å². The van der Waals surface area contributed by atoms with Crippen molar-refractivity contribution in [1.82, 2.24) is 4.31 Å². The van der Waals surface area contributed by atoms with E-state index in [0.717, 1.165) is 27.6 Å². The number of halogens is 1. The second-order valence-electron chi connectivity index (χ2n) is 5.85. The summed E-state index contributed by atoms with van der Waals surface area (Å²) in [6.07, 6.45) is 0.227. The van der Waals surface area contributed by atoms with Gasteiger partial charge < -0.3 is 5.73 Å². The lowest BCUT2D eigenvalue weighted by Crippen LogP contribution is -2.51. The SMILES string of the molecule is Cc1cc(F)ccc1S(=O)(=O)N1Cc2ccccc2CC1C(N)=O. The highest BCUT2D eigenvalue weighted by atomic mass is 32.2. The van der Waals surface area contributed by atoms with Crippen LogP contribution in [0.2, 0.25) is 0 Å². The first kappa shape index (κ1) is 16.6. The van der Waals surface area contributed by atoms with Gasteiger partial charge in [-0.1, -0.05) is 24.3 Å². The second-order valence-corrected chi connectivity index (χ2v) is 7.71. The van der Waals surface area contributed by atoms with Crippen molar-refractivity contribution in [3.8, 4) is 0 Å². The van der Waals surface area contributed by atoms with E-state index in [1.54, 1.807) is 0 Å². The van der Waals surface area contributed by atoms with Gasteiger partial charge in [-0.05, 0) is 48.2 Å². The third kappa shape index (κ3) is 2.81. The number of carbonyl (C=O) groups is 1. The van der Waals surface area contributed by atoms with Crippen LogP contribution in [0.3, 0.4) is 0 Å². The third-order valence-corrected chi connectivity index (χ3v) is 6.27. The number of benzene rings is 2. The van der Waals surface area contributed by atoms with E-state index in [2.05, 4.69) is 0 Å². The molecule has 1 unspecified atom stereocenters. The largest absolute Gasteiger partial charge is 0.368 e. The first-order chi connectivity index (χ1) is 11.3. The third-order valence-electron chi connectivity index (χ3n) is 4.26. The number of sulfonamides is 1. The van der Waals surface area contributed by atoms with E-state index in [1.807, 2.05) is 24.3 Å². The van der Waals surface area contributed by atoms with E-state index in [4.69, 9.17) is 5.73 Å². The fraction of sp³-hybridized carbons (Fsp3) is 0.235. The van der Waals surface area contributed by atoms with Gasteiger partial charge in [0.1, 0.15) is 11.9 Å². The number of hydrogen-bond donors (Lipinski definition) is 1. The molecule has 0 aromatic heterocycles. The van der Waals surface area contributed by atoms with Gasteiger partial charge >= 0.3 is 0 Å². The van der Waals surface area contributed by atoms with Crippen molar-refractivity contribution >= 4 is 15.9 Å². The summed E-state index contributed by atoms with van der Waals surface area (Å²) in [6, 6.07) is 9.85. The molecule has 7 heteroatoms. The molecular formula is C17H17FN2O3S. The van der Waals surface area contributed by atoms with Crippen LogP contribution in [-0.2, 0) is 27.8 Å². The first-order valence-electron chi connectivity index (χ1n) is 7.45. The Labute approximate surface area is 139 Å². The van der Waals surface area contributed by atoms with Crippen LogP contribution in [0, 0.1) is 12.7 Å². The molecule has 1 aliphatic heterocycles. The van der Waals surface area contributed by atoms with Crippen molar-refractivity contribution in [2.75, 3.05) is 0 Å². The van der Waals surface area contributed by atoms with Gasteiger partial charge in [0.05, 0.1) is 4.90 Å². The van der Waals surface area contributed by atoms with Gasteiger partial charge in [0.25, 0.3) is 0 Å². The van der Waals surface area contributed by atoms with Gasteiger partial charge in [-0.25, -0.2) is 12.8 Å². The average Bonchev–Trinajstić information content (AvgIpc) is 2.53. The summed E-state index contributed by atoms with van der Waals surface area (Å²) in [5.74, 6) is -1.21. The summed E-state index contributed by atoms with van der Waals surface area (Å²) in [5.41, 5.74) is 7.47. The number of primary amides is 1. The molecule has 2 aromatic rings. The van der Waals surface area contributed by atoms with Crippen LogP contribution in [-0.4, -0.2) is 24.7 Å². The predicted octanol–water partition coefficient (Wildman–Crippen LogP) is 1.74. The molecule has 3 rings (SSSR count). The quantitative estimate of drug-likeness (QED) is 0.917. The van der Waals surface area contributed by atoms with Crippen LogP contribution >= 0.6 is 0 Å². The zero-order chi connectivity index (χ0) is 17.5. The number of hydrogen-bond acceptors (Lipinski definition) is 3. The van der Waals surface area contributed by atoms with Crippen molar-refractivity contribution in [3.05, 3.63) is 65.0 Å². The molecule has 0 saturated heterocycles. The normalized spacial score (nSPS) is 18.2. The number of fused-ring (bicyclic) bond motifs is 1. The smallest absolute Gasteiger partial charge is 0.244 e. The summed E-state index contributed by atoms with van der Waals surface area (Å²) < 4.78 is 40.5. The van der Waals surface area contributed by atoms with Gasteiger partial charge in [-0.15, -0.1) is 0 Å². The summed E-state index contributed by atoms with van der Waals surface area (Å²) in [7, 11) is -3.98. The maximum atomic E-state index is 13.3. The molecule has 0 saturated carbocycles. The topological polar surface area (TPSA) is 80.5 Å². The van der Waals surface area contributed by atoms with Crippen molar-refractivity contribution in [2.24, 2.45) is 5.73 Å². The Morgan fingerprint density at radius 3 is 2.50 bits per heavy atom. The van der Waals surface area contributed by atoms with Crippen LogP contribution in [0.5, 0.6) is 0 Å². The maximum absolute atomic E-state index is 13.3. The Morgan fingerprint density at radius 2 is 1.88 bits per heavy atom. The fourth-order valence-corrected chi connectivity index (χ4v) is 4.80. The van der Waals surface area contributed by atoms with Gasteiger partial charge in [-0.2, -0.15) is 4.31 Å². The van der Waals surface area contributed by atoms with Crippen LogP contribution < -0.4 is 5.73 Å². The summed E-state index contributed by atoms with van der Waals surface area (Å²) in [4.78, 5) is 11.8. The molecule has 2 N–H and O–H groups in total. The van der Waals surface area contributed by atoms with E-state index in [-0.39, 0.29) is 23.4 Å². The first-order valence-corrected chi connectivity index (χ1v) is 8.89. The Balaban J connectivity index is 2.10. The molecule has 1 heterocycles. The van der Waals surface area contributed by atoms with Crippen molar-refractivity contribution in [3.63, 3.8) is 0 Å². The second kappa shape index (κ2) is 5.99. The van der Waals surface area contributed by atoms with E-state index in [9.17, 15) is 17.6 Å². The highest BCUT2D eigenvalue weighted by Crippen LogP contribution is 2.30. The zero-order valence-electron chi connectivity index (χ0n) is 13.1. The van der Waals surface area contributed by atoms with Crippen LogP contribution in [0.4, 0.5) is 4.39 Å². The number of rotatable bonds is 3. The van der Waals surface area contributed by atoms with Crippen LogP contribution in [0.15, 0.2) is 47.4 Å². The molecule has 2 aromatic carbocycles. The van der Waals surface area contributed by atoms with E-state index < -0.39 is 27.8 Å². The molecule has 0 radical (unpaired) electrons. The molecular weight excluding hydrogens is 331 g/mol. The van der Waals surface area contributed by atoms with Crippen LogP contribution in [0.25, 0.3) is 0 Å². The zero-order valence-corrected chi connectivity index (χ0v) is 13.9. The minimum atomic E-state index is -3.98. The lowest BCUT2D eigenvalue weighted by molar-refractivity contribution is -0.122. The molecule has 24 heavy (non-hydrogen) atoms. The maximum Gasteiger partial charge on any atom is 0.244 e. The number of amides is 1. The van der Waals surface area contributed by atoms with Crippen molar-refractivity contribution < 1.29 is 17.6 Å². The van der Waals surface area contributed by atoms with E-state index in [1.165, 1.54) is 13.0 Å². The summed E-state index contributed by atoms with van der Waals surface area (Å²) in [6.45, 7) is 1.58. The summed E-state index contributed by atoms with van der Waals surface area (Å²) in [5, 5.41) is 0. The molecule has 0 fully saturated rings. The fourth-order valence-electron chi connectivity index (χ4n) is 3.02. The van der Waals surface area contributed by atoms with E-state index >= 15 is 0 Å². The Morgan fingerprint density at radius 1 is 1.21 bits per heavy atom. The van der Waals surface area contributed by atoms with Gasteiger partial charge in [-0.3, -0.25) is 4.79 Å². The summed E-state index contributed by atoms with van der Waals surface area (Å²) >= 11 is 0. The number of carbonyl (C=O) groups excluding carboxylic acids is 1. The Kier molecular flexibility index (Phi) is 4.15. The number of aryl methyl sites for hydroxylation is 1. The molecule has 1 amide bonds. The minimum absolute atomic E-state index is 0.0190. The molecule has 1 aliphatic rings.